The van der Waals surface area contributed by atoms with Gasteiger partial charge >= 0.3 is 5.97 Å². The molecule has 0 unspecified atom stereocenters. The highest BCUT2D eigenvalue weighted by Gasteiger charge is 2.28. The molecule has 2 aromatic rings. The smallest absolute Gasteiger partial charge is 0.336 e. The maximum Gasteiger partial charge on any atom is 0.336 e. The number of hydrogen-bond acceptors (Lipinski definition) is 5. The van der Waals surface area contributed by atoms with Gasteiger partial charge in [0.25, 0.3) is 0 Å². The zero-order chi connectivity index (χ0) is 21.8. The van der Waals surface area contributed by atoms with Crippen molar-refractivity contribution >= 4 is 17.3 Å². The SMILES string of the molecule is COc1ccc(C(=O)C(CC2CCCCC2)=C(C(=O)O)c2ccc3c(c2)OCO3)cc1. The molecule has 1 fully saturated rings. The Morgan fingerprint density at radius 1 is 0.968 bits per heavy atom. The number of carboxylic acid groups (broad SMARTS) is 1. The van der Waals surface area contributed by atoms with Crippen LogP contribution in [0.5, 0.6) is 17.2 Å². The van der Waals surface area contributed by atoms with E-state index in [2.05, 4.69) is 0 Å². The van der Waals surface area contributed by atoms with Gasteiger partial charge in [-0.25, -0.2) is 4.79 Å². The highest BCUT2D eigenvalue weighted by atomic mass is 16.7. The number of benzene rings is 2. The number of ether oxygens (including phenoxy) is 3. The summed E-state index contributed by atoms with van der Waals surface area (Å²) in [6, 6.07) is 11.8. The fourth-order valence-electron chi connectivity index (χ4n) is 4.38. The molecule has 1 aliphatic heterocycles. The van der Waals surface area contributed by atoms with Crippen LogP contribution in [-0.4, -0.2) is 30.8 Å². The Labute approximate surface area is 181 Å². The number of hydrogen-bond donors (Lipinski definition) is 1. The number of allylic oxidation sites excluding steroid dienone is 1. The number of aliphatic carboxylic acids is 1. The lowest BCUT2D eigenvalue weighted by molar-refractivity contribution is -0.130. The fraction of sp³-hybridized carbons (Fsp3) is 0.360. The van der Waals surface area contributed by atoms with E-state index < -0.39 is 5.97 Å². The van der Waals surface area contributed by atoms with Gasteiger partial charge in [-0.3, -0.25) is 4.79 Å². The number of fused-ring (bicyclic) bond motifs is 1. The lowest BCUT2D eigenvalue weighted by Gasteiger charge is -2.23. The van der Waals surface area contributed by atoms with E-state index >= 15 is 0 Å². The van der Waals surface area contributed by atoms with Crippen molar-refractivity contribution in [3.05, 3.63) is 59.2 Å². The first-order valence-corrected chi connectivity index (χ1v) is 10.6. The molecule has 0 atom stereocenters. The highest BCUT2D eigenvalue weighted by molar-refractivity contribution is 6.26. The minimum Gasteiger partial charge on any atom is -0.497 e. The minimum atomic E-state index is -1.12. The Hall–Kier alpha value is -3.28. The van der Waals surface area contributed by atoms with E-state index in [4.69, 9.17) is 14.2 Å². The second-order valence-electron chi connectivity index (χ2n) is 7.99. The molecule has 0 bridgehead atoms. The Morgan fingerprint density at radius 3 is 2.32 bits per heavy atom. The molecule has 0 saturated heterocycles. The van der Waals surface area contributed by atoms with Crippen molar-refractivity contribution in [1.29, 1.82) is 0 Å². The van der Waals surface area contributed by atoms with Crippen molar-refractivity contribution in [2.24, 2.45) is 5.92 Å². The quantitative estimate of drug-likeness (QED) is 0.493. The van der Waals surface area contributed by atoms with Crippen LogP contribution >= 0.6 is 0 Å². The first-order chi connectivity index (χ1) is 15.1. The van der Waals surface area contributed by atoms with E-state index in [1.165, 1.54) is 6.42 Å². The van der Waals surface area contributed by atoms with Gasteiger partial charge < -0.3 is 19.3 Å². The summed E-state index contributed by atoms with van der Waals surface area (Å²) in [4.78, 5) is 26.0. The highest BCUT2D eigenvalue weighted by Crippen LogP contribution is 2.38. The number of Topliss-reactive ketones (excluding diaryl/α,β-unsaturated/α-hetero) is 1. The van der Waals surface area contributed by atoms with Crippen molar-refractivity contribution in [1.82, 2.24) is 0 Å². The predicted octanol–water partition coefficient (Wildman–Crippen LogP) is 5.12. The first-order valence-electron chi connectivity index (χ1n) is 10.6. The normalized spacial score (nSPS) is 16.5. The second-order valence-corrected chi connectivity index (χ2v) is 7.99. The summed E-state index contributed by atoms with van der Waals surface area (Å²) >= 11 is 0. The van der Waals surface area contributed by atoms with Gasteiger partial charge in [-0.2, -0.15) is 0 Å². The predicted molar refractivity (Wildman–Crippen MR) is 116 cm³/mol. The molecular weight excluding hydrogens is 396 g/mol. The Morgan fingerprint density at radius 2 is 1.65 bits per heavy atom. The van der Waals surface area contributed by atoms with Crippen LogP contribution in [0, 0.1) is 5.92 Å². The van der Waals surface area contributed by atoms with Crippen LogP contribution in [0.2, 0.25) is 0 Å². The Kier molecular flexibility index (Phi) is 6.26. The average molecular weight is 422 g/mol. The van der Waals surface area contributed by atoms with E-state index in [1.54, 1.807) is 49.6 Å². The van der Waals surface area contributed by atoms with Crippen LogP contribution in [-0.2, 0) is 4.79 Å². The van der Waals surface area contributed by atoms with E-state index in [9.17, 15) is 14.7 Å². The van der Waals surface area contributed by atoms with Crippen molar-refractivity contribution in [2.45, 2.75) is 38.5 Å². The average Bonchev–Trinajstić information content (AvgIpc) is 3.27. The zero-order valence-electron chi connectivity index (χ0n) is 17.6. The molecule has 31 heavy (non-hydrogen) atoms. The monoisotopic (exact) mass is 422 g/mol. The lowest BCUT2D eigenvalue weighted by Crippen LogP contribution is -2.16. The Balaban J connectivity index is 1.79. The third-order valence-corrected chi connectivity index (χ3v) is 6.02. The summed E-state index contributed by atoms with van der Waals surface area (Å²) in [6.07, 6.45) is 5.87. The Bertz CT molecular complexity index is 999. The van der Waals surface area contributed by atoms with Gasteiger partial charge in [0.2, 0.25) is 6.79 Å². The molecule has 1 heterocycles. The van der Waals surface area contributed by atoms with E-state index in [1.807, 2.05) is 0 Å². The summed E-state index contributed by atoms with van der Waals surface area (Å²) in [6.45, 7) is 0.102. The third kappa shape index (κ3) is 4.58. The van der Waals surface area contributed by atoms with Gasteiger partial charge in [-0.05, 0) is 54.3 Å². The maximum absolute atomic E-state index is 13.6. The van der Waals surface area contributed by atoms with E-state index in [-0.39, 0.29) is 18.1 Å². The lowest BCUT2D eigenvalue weighted by atomic mass is 9.81. The number of carboxylic acids is 1. The van der Waals surface area contributed by atoms with Crippen LogP contribution < -0.4 is 14.2 Å². The van der Waals surface area contributed by atoms with Gasteiger partial charge in [-0.15, -0.1) is 0 Å². The topological polar surface area (TPSA) is 82.1 Å². The summed E-state index contributed by atoms with van der Waals surface area (Å²) in [5.74, 6) is 0.627. The fourth-order valence-corrected chi connectivity index (χ4v) is 4.38. The maximum atomic E-state index is 13.6. The molecule has 1 saturated carbocycles. The summed E-state index contributed by atoms with van der Waals surface area (Å²) in [7, 11) is 1.56. The zero-order valence-corrected chi connectivity index (χ0v) is 17.6. The van der Waals surface area contributed by atoms with Gasteiger partial charge in [0, 0.05) is 11.1 Å². The molecular formula is C25H26O6. The van der Waals surface area contributed by atoms with Gasteiger partial charge in [0.15, 0.2) is 17.3 Å². The van der Waals surface area contributed by atoms with E-state index in [0.717, 1.165) is 25.7 Å². The molecule has 0 spiro atoms. The van der Waals surface area contributed by atoms with Gasteiger partial charge in [0.05, 0.1) is 12.7 Å². The minimum absolute atomic E-state index is 0.0321. The standard InChI is InChI=1S/C25H26O6/c1-29-19-10-7-17(8-11-19)24(26)20(13-16-5-3-2-4-6-16)23(25(27)28)18-9-12-21-22(14-18)31-15-30-21/h7-12,14,16H,2-6,13,15H2,1H3,(H,27,28). The van der Waals surface area contributed by atoms with Gasteiger partial charge in [-0.1, -0.05) is 38.2 Å². The van der Waals surface area contributed by atoms with Crippen LogP contribution in [0.1, 0.15) is 54.4 Å². The van der Waals surface area contributed by atoms with Crippen molar-refractivity contribution < 1.29 is 28.9 Å². The molecule has 2 aromatic carbocycles. The summed E-state index contributed by atoms with van der Waals surface area (Å²) in [5.41, 5.74) is 1.27. The van der Waals surface area contributed by atoms with Crippen molar-refractivity contribution in [3.8, 4) is 17.2 Å². The number of methoxy groups -OCH3 is 1. The molecule has 6 nitrogen and oxygen atoms in total. The number of rotatable bonds is 7. The molecule has 1 N–H and O–H groups in total. The molecule has 6 heteroatoms. The number of ketones is 1. The molecule has 0 radical (unpaired) electrons. The van der Waals surface area contributed by atoms with Crippen LogP contribution in [0.25, 0.3) is 5.57 Å². The largest absolute Gasteiger partial charge is 0.497 e. The first kappa shape index (κ1) is 21.0. The molecule has 0 aromatic heterocycles. The molecule has 2 aliphatic rings. The van der Waals surface area contributed by atoms with Crippen molar-refractivity contribution in [2.75, 3.05) is 13.9 Å². The van der Waals surface area contributed by atoms with Crippen LogP contribution in [0.15, 0.2) is 48.0 Å². The molecule has 0 amide bonds. The third-order valence-electron chi connectivity index (χ3n) is 6.02. The molecule has 4 rings (SSSR count). The van der Waals surface area contributed by atoms with E-state index in [0.29, 0.717) is 46.3 Å². The van der Waals surface area contributed by atoms with Crippen LogP contribution in [0.3, 0.4) is 0 Å². The van der Waals surface area contributed by atoms with Gasteiger partial charge in [0.1, 0.15) is 5.75 Å². The molecule has 162 valence electrons. The molecule has 1 aliphatic carbocycles. The van der Waals surface area contributed by atoms with Crippen LogP contribution in [0.4, 0.5) is 0 Å². The van der Waals surface area contributed by atoms with Crippen molar-refractivity contribution in [3.63, 3.8) is 0 Å². The second kappa shape index (κ2) is 9.25. The number of carbonyl (C=O) groups is 2. The summed E-state index contributed by atoms with van der Waals surface area (Å²) in [5, 5.41) is 10.2. The number of carbonyl (C=O) groups excluding carboxylic acids is 1. The summed E-state index contributed by atoms with van der Waals surface area (Å²) < 4.78 is 16.0.